The van der Waals surface area contributed by atoms with Crippen molar-refractivity contribution in [3.63, 3.8) is 0 Å². The summed E-state index contributed by atoms with van der Waals surface area (Å²) in [5.41, 5.74) is 19.7. The topological polar surface area (TPSA) is 495 Å². The molecular weight excluding hydrogens is 1480 g/mol. The maximum Gasteiger partial charge on any atom is 0.303 e. The number of ketones is 4. The molecule has 30 heteroatoms. The van der Waals surface area contributed by atoms with Crippen molar-refractivity contribution >= 4 is 112 Å². The molecule has 0 saturated heterocycles. The number of aryl methyl sites for hydroxylation is 3. The van der Waals surface area contributed by atoms with Crippen LogP contribution >= 0.6 is 23.2 Å². The van der Waals surface area contributed by atoms with Gasteiger partial charge in [0.15, 0.2) is 17.3 Å². The number of halogens is 2. The summed E-state index contributed by atoms with van der Waals surface area (Å²) in [6.45, 7) is 1.23. The van der Waals surface area contributed by atoms with Gasteiger partial charge in [-0.05, 0) is 157 Å². The molecular formula is C81H93Cl2N5O23. The van der Waals surface area contributed by atoms with Crippen molar-refractivity contribution in [2.45, 2.75) is 166 Å². The van der Waals surface area contributed by atoms with Gasteiger partial charge in [0.25, 0.3) is 0 Å². The largest absolute Gasteiger partial charge is 0.497 e. The highest BCUT2D eigenvalue weighted by Crippen LogP contribution is 2.29. The minimum absolute atomic E-state index is 0.00368. The van der Waals surface area contributed by atoms with Gasteiger partial charge in [-0.3, -0.25) is 71.9 Å². The molecule has 0 radical (unpaired) electrons. The Morgan fingerprint density at radius 2 is 0.667 bits per heavy atom. The normalized spacial score (nSPS) is 12.3. The van der Waals surface area contributed by atoms with E-state index in [-0.39, 0.29) is 128 Å². The molecule has 0 heterocycles. The van der Waals surface area contributed by atoms with Crippen molar-refractivity contribution in [2.24, 2.45) is 29.2 Å². The number of carbonyl (C=O) groups excluding carboxylic acids is 9. The monoisotopic (exact) mass is 1570 g/mol. The third kappa shape index (κ3) is 36.1. The summed E-state index contributed by atoms with van der Waals surface area (Å²) < 4.78 is 5.25. The number of amides is 5. The van der Waals surface area contributed by atoms with E-state index in [0.29, 0.717) is 29.3 Å². The van der Waals surface area contributed by atoms with Crippen molar-refractivity contribution in [3.8, 4) is 39.1 Å². The second-order valence-corrected chi connectivity index (χ2v) is 27.2. The third-order valence-corrected chi connectivity index (χ3v) is 18.2. The molecule has 5 amide bonds. The number of rotatable bonds is 47. The van der Waals surface area contributed by atoms with E-state index < -0.39 is 119 Å². The summed E-state index contributed by atoms with van der Waals surface area (Å²) in [5.74, 6) is -13.8. The summed E-state index contributed by atoms with van der Waals surface area (Å²) in [4.78, 5) is 177. The van der Waals surface area contributed by atoms with E-state index in [4.69, 9.17) is 70.0 Å². The molecule has 0 aliphatic heterocycles. The summed E-state index contributed by atoms with van der Waals surface area (Å²) in [7, 11) is 1.60. The van der Waals surface area contributed by atoms with Crippen LogP contribution in [0.15, 0.2) is 140 Å². The molecule has 0 unspecified atom stereocenters. The lowest BCUT2D eigenvalue weighted by Crippen LogP contribution is -2.43. The number of aliphatic hydroxyl groups is 1. The van der Waals surface area contributed by atoms with Crippen molar-refractivity contribution in [1.29, 1.82) is 0 Å². The van der Waals surface area contributed by atoms with Crippen LogP contribution in [0.4, 0.5) is 0 Å². The molecule has 0 aliphatic rings. The summed E-state index contributed by atoms with van der Waals surface area (Å²) in [5, 5.41) is 71.6. The van der Waals surface area contributed by atoms with Crippen LogP contribution in [-0.4, -0.2) is 149 Å². The Hall–Kier alpha value is -11.5. The first-order valence-electron chi connectivity index (χ1n) is 35.6. The SMILES string of the molecule is CC(=O)[C@H](CCC(=O)O)CC(=O)[C@H](CCC(=O)O)NC(=O)CCc1ccc(-c2cccc(CO)c2)cc1.COc1cccc(-c2ccc(CCC(=O)N[C@@H](CCC(=O)O)C(=O)C[C@@H](CCC(=O)O)C(N)=O)cc2)c1.NC(=O)[C@H](CCC(=O)O)CC(=O)[C@H](CCC(=O)O)NC(=O)CCc1ccc(-c2cc(Cl)cc(Cl)c2)cc1. The Labute approximate surface area is 650 Å². The molecule has 594 valence electrons. The number of hydrogen-bond donors (Lipinski definition) is 12. The van der Waals surface area contributed by atoms with Gasteiger partial charge in [-0.2, -0.15) is 0 Å². The number of methoxy groups -OCH3 is 1. The molecule has 0 bridgehead atoms. The number of aliphatic carboxylic acids is 6. The minimum Gasteiger partial charge on any atom is -0.497 e. The van der Waals surface area contributed by atoms with Crippen LogP contribution in [0.3, 0.4) is 0 Å². The van der Waals surface area contributed by atoms with Crippen LogP contribution in [0.25, 0.3) is 33.4 Å². The van der Waals surface area contributed by atoms with Gasteiger partial charge < -0.3 is 67.9 Å². The standard InChI is InChI=1S/C28H33NO8.C27H32N2O8.C26H28Cl2N2O7/c1-18(31)22(10-13-27(34)35)16-25(32)24(11-14-28(36)37)29-26(33)12-7-19-5-8-21(9-6-19)23-4-2-3-20(15-23)17-30;1-37-21-4-2-3-19(15-21)18-8-5-17(6-9-18)7-12-24(31)29-22(11-14-26(34)35)23(30)16-20(27(28)36)10-13-25(32)33;27-19-11-18(12-20(28)14-19)16-4-1-15(2-5-16)3-8-23(32)30-21(7-10-25(35)36)22(31)13-17(26(29)37)6-9-24(33)34/h2-6,8-9,15,22,24,30H,7,10-14,16-17H2,1H3,(H,29,33)(H,34,35)(H,36,37);2-6,8-9,15,20,22H,7,10-14,16H2,1H3,(H2,28,36)(H,29,31)(H,32,33)(H,34,35);1-2,4-5,11-12,14,17,21H,3,6-10,13H2,(H2,29,37)(H,30,32)(H,33,34)(H,35,36)/t22-,24+;20-,22+;17-,21+/m111/s1. The number of carboxylic acid groups (broad SMARTS) is 6. The molecule has 111 heavy (non-hydrogen) atoms. The molecule has 6 aromatic rings. The van der Waals surface area contributed by atoms with Gasteiger partial charge in [0.1, 0.15) is 11.5 Å². The van der Waals surface area contributed by atoms with E-state index in [0.717, 1.165) is 61.4 Å². The van der Waals surface area contributed by atoms with Crippen LogP contribution in [0.2, 0.25) is 10.0 Å². The maximum atomic E-state index is 12.8. The molecule has 0 spiro atoms. The van der Waals surface area contributed by atoms with E-state index in [9.17, 15) is 77.0 Å². The lowest BCUT2D eigenvalue weighted by Gasteiger charge is -2.20. The smallest absolute Gasteiger partial charge is 0.303 e. The van der Waals surface area contributed by atoms with E-state index in [1.165, 1.54) is 6.92 Å². The van der Waals surface area contributed by atoms with E-state index >= 15 is 0 Å². The van der Waals surface area contributed by atoms with Crippen LogP contribution in [0, 0.1) is 17.8 Å². The summed E-state index contributed by atoms with van der Waals surface area (Å²) in [6.07, 6.45) is -2.42. The van der Waals surface area contributed by atoms with Gasteiger partial charge in [0.2, 0.25) is 29.5 Å². The quantitative estimate of drug-likeness (QED) is 0.0169. The lowest BCUT2D eigenvalue weighted by atomic mass is 9.90. The molecule has 0 aliphatic carbocycles. The molecule has 6 atom stereocenters. The van der Waals surface area contributed by atoms with E-state index in [2.05, 4.69) is 16.0 Å². The Bertz CT molecular complexity index is 4030. The maximum absolute atomic E-state index is 12.8. The van der Waals surface area contributed by atoms with Crippen LogP contribution in [0.1, 0.15) is 145 Å². The first-order valence-corrected chi connectivity index (χ1v) is 36.3. The second kappa shape index (κ2) is 48.1. The average Bonchev–Trinajstić information content (AvgIpc) is 0.860. The zero-order chi connectivity index (χ0) is 82.3. The van der Waals surface area contributed by atoms with Crippen LogP contribution in [0.5, 0.6) is 5.75 Å². The lowest BCUT2D eigenvalue weighted by molar-refractivity contribution is -0.139. The van der Waals surface area contributed by atoms with Gasteiger partial charge in [0, 0.05) is 105 Å². The number of aliphatic hydroxyl groups excluding tert-OH is 1. The summed E-state index contributed by atoms with van der Waals surface area (Å²) in [6, 6.07) is 39.8. The van der Waals surface area contributed by atoms with Gasteiger partial charge in [0.05, 0.1) is 31.8 Å². The number of carboxylic acids is 6. The highest BCUT2D eigenvalue weighted by molar-refractivity contribution is 6.35. The van der Waals surface area contributed by atoms with Gasteiger partial charge in [-0.25, -0.2) is 0 Å². The van der Waals surface area contributed by atoms with Crippen molar-refractivity contribution in [3.05, 3.63) is 172 Å². The minimum atomic E-state index is -1.15. The number of hydrogen-bond acceptors (Lipinski definition) is 17. The summed E-state index contributed by atoms with van der Waals surface area (Å²) >= 11 is 12.1. The molecule has 14 N–H and O–H groups in total. The van der Waals surface area contributed by atoms with Gasteiger partial charge in [-0.15, -0.1) is 0 Å². The molecule has 0 saturated carbocycles. The number of ether oxygens (including phenoxy) is 1. The number of carbonyl (C=O) groups is 15. The van der Waals surface area contributed by atoms with Crippen LogP contribution in [-0.2, 0) is 97.8 Å². The Morgan fingerprint density at radius 3 is 0.982 bits per heavy atom. The predicted octanol–water partition coefficient (Wildman–Crippen LogP) is 9.60. The highest BCUT2D eigenvalue weighted by atomic mass is 35.5. The molecule has 0 fully saturated rings. The first kappa shape index (κ1) is 91.9. The third-order valence-electron chi connectivity index (χ3n) is 17.8. The van der Waals surface area contributed by atoms with E-state index in [1.54, 1.807) is 25.3 Å². The zero-order valence-corrected chi connectivity index (χ0v) is 62.9. The predicted molar refractivity (Wildman–Crippen MR) is 409 cm³/mol. The molecule has 6 aromatic carbocycles. The molecule has 0 aromatic heterocycles. The fourth-order valence-corrected chi connectivity index (χ4v) is 12.0. The average molecular weight is 1580 g/mol. The molecule has 28 nitrogen and oxygen atoms in total. The van der Waals surface area contributed by atoms with Crippen molar-refractivity contribution in [1.82, 2.24) is 16.0 Å². The first-order chi connectivity index (χ1) is 52.6. The Balaban J connectivity index is 0.000000351. The Morgan fingerprint density at radius 1 is 0.360 bits per heavy atom. The number of nitrogens with one attached hydrogen (secondary N) is 3. The highest BCUT2D eigenvalue weighted by Gasteiger charge is 2.31. The fraction of sp³-hybridized carbons (Fsp3) is 0.370. The Kier molecular flexibility index (Phi) is 39.8. The fourth-order valence-electron chi connectivity index (χ4n) is 11.5. The number of Topliss-reactive ketones (excluding diaryl/α,β-unsaturated/α-hetero) is 4. The number of nitrogens with two attached hydrogens (primary N) is 2. The van der Waals surface area contributed by atoms with Gasteiger partial charge in [-0.1, -0.05) is 126 Å². The number of primary amides is 2. The van der Waals surface area contributed by atoms with Gasteiger partial charge >= 0.3 is 35.8 Å². The van der Waals surface area contributed by atoms with Crippen LogP contribution < -0.4 is 32.2 Å². The van der Waals surface area contributed by atoms with Crippen molar-refractivity contribution in [2.75, 3.05) is 7.11 Å². The number of benzene rings is 6. The molecule has 6 rings (SSSR count). The van der Waals surface area contributed by atoms with Crippen molar-refractivity contribution < 1.29 is 112 Å². The second-order valence-electron chi connectivity index (χ2n) is 26.3. The zero-order valence-electron chi connectivity index (χ0n) is 61.4. The van der Waals surface area contributed by atoms with E-state index in [1.807, 2.05) is 121 Å².